The summed E-state index contributed by atoms with van der Waals surface area (Å²) in [7, 11) is 0. The molecule has 2 aliphatic rings. The molecule has 0 bridgehead atoms. The van der Waals surface area contributed by atoms with Gasteiger partial charge in [-0.15, -0.1) is 0 Å². The number of rotatable bonds is 10. The van der Waals surface area contributed by atoms with Crippen LogP contribution in [0.25, 0.3) is 0 Å². The molecule has 12 heteroatoms. The number of aryl methyl sites for hydroxylation is 1. The molecular formula is C24H30F3N5O3S. The zero-order chi connectivity index (χ0) is 25.8. The number of hydrogen-bond acceptors (Lipinski definition) is 8. The second kappa shape index (κ2) is 11.1. The predicted molar refractivity (Wildman–Crippen MR) is 134 cm³/mol. The molecule has 196 valence electrons. The van der Waals surface area contributed by atoms with Gasteiger partial charge in [-0.3, -0.25) is 4.79 Å². The lowest BCUT2D eigenvalue weighted by atomic mass is 9.93. The Labute approximate surface area is 212 Å². The van der Waals surface area contributed by atoms with Crippen LogP contribution in [0.15, 0.2) is 24.3 Å². The number of anilines is 3. The van der Waals surface area contributed by atoms with Crippen molar-refractivity contribution in [2.75, 3.05) is 47.0 Å². The Morgan fingerprint density at radius 3 is 2.61 bits per heavy atom. The number of amides is 1. The van der Waals surface area contributed by atoms with E-state index < -0.39 is 19.2 Å². The first-order valence-corrected chi connectivity index (χ1v) is 12.9. The Balaban J connectivity index is 1.50. The Kier molecular flexibility index (Phi) is 8.13. The van der Waals surface area contributed by atoms with Gasteiger partial charge in [0.2, 0.25) is 0 Å². The maximum absolute atomic E-state index is 13.3. The van der Waals surface area contributed by atoms with Gasteiger partial charge in [0.05, 0.1) is 24.3 Å². The van der Waals surface area contributed by atoms with Crippen molar-refractivity contribution >= 4 is 35.0 Å². The number of nitrogens with one attached hydrogen (secondary N) is 2. The second-order valence-electron chi connectivity index (χ2n) is 9.24. The molecule has 3 N–H and O–H groups in total. The molecular weight excluding hydrogens is 495 g/mol. The van der Waals surface area contributed by atoms with E-state index in [1.165, 1.54) is 30.9 Å². The summed E-state index contributed by atoms with van der Waals surface area (Å²) in [4.78, 5) is 23.6. The predicted octanol–water partition coefficient (Wildman–Crippen LogP) is 4.80. The third-order valence-corrected chi connectivity index (χ3v) is 7.21. The van der Waals surface area contributed by atoms with E-state index in [9.17, 15) is 18.0 Å². The average molecular weight is 526 g/mol. The number of hydrogen-bond donors (Lipinski definition) is 3. The van der Waals surface area contributed by atoms with Gasteiger partial charge in [0, 0.05) is 36.3 Å². The first-order chi connectivity index (χ1) is 17.2. The van der Waals surface area contributed by atoms with Crippen LogP contribution in [0.4, 0.5) is 30.4 Å². The molecule has 4 rings (SSSR count). The molecule has 1 aromatic carbocycles. The van der Waals surface area contributed by atoms with E-state index in [0.29, 0.717) is 22.4 Å². The van der Waals surface area contributed by atoms with Gasteiger partial charge >= 0.3 is 12.2 Å². The summed E-state index contributed by atoms with van der Waals surface area (Å²) in [5.74, 6) is 0.298. The number of halogens is 3. The highest BCUT2D eigenvalue weighted by Gasteiger charge is 2.44. The van der Waals surface area contributed by atoms with Gasteiger partial charge in [0.1, 0.15) is 12.4 Å². The van der Waals surface area contributed by atoms with E-state index >= 15 is 0 Å². The molecule has 1 saturated carbocycles. The van der Waals surface area contributed by atoms with Gasteiger partial charge in [-0.2, -0.15) is 18.2 Å². The van der Waals surface area contributed by atoms with Crippen LogP contribution in [0.1, 0.15) is 48.2 Å². The molecule has 1 spiro atoms. The van der Waals surface area contributed by atoms with E-state index in [0.717, 1.165) is 37.3 Å². The van der Waals surface area contributed by atoms with Crippen LogP contribution in [0, 0.1) is 12.3 Å². The van der Waals surface area contributed by atoms with Crippen molar-refractivity contribution < 1.29 is 27.8 Å². The zero-order valence-electron chi connectivity index (χ0n) is 20.0. The molecule has 1 aliphatic carbocycles. The quantitative estimate of drug-likeness (QED) is 0.301. The fraction of sp³-hybridized carbons (Fsp3) is 0.542. The minimum Gasteiger partial charge on any atom is -0.463 e. The molecule has 2 aromatic rings. The summed E-state index contributed by atoms with van der Waals surface area (Å²) in [6.07, 6.45) is -0.739. The third-order valence-electron chi connectivity index (χ3n) is 6.44. The van der Waals surface area contributed by atoms with Gasteiger partial charge in [-0.1, -0.05) is 11.9 Å². The molecule has 0 unspecified atom stereocenters. The molecule has 36 heavy (non-hydrogen) atoms. The van der Waals surface area contributed by atoms with Crippen molar-refractivity contribution in [3.05, 3.63) is 35.5 Å². The van der Waals surface area contributed by atoms with Gasteiger partial charge in [0.25, 0.3) is 5.91 Å². The summed E-state index contributed by atoms with van der Waals surface area (Å²) < 4.78 is 45.6. The molecule has 1 saturated heterocycles. The van der Waals surface area contributed by atoms with Crippen LogP contribution in [-0.2, 0) is 0 Å². The van der Waals surface area contributed by atoms with Crippen LogP contribution < -0.4 is 19.7 Å². The minimum absolute atomic E-state index is 0.0550. The standard InChI is InChI=1S/C24H30F3N5O3S/c1-16-14-20(30-22(28-16)35-12-8-24(25,26)27)29-21(34)18-3-2-17(31-36-13-11-33)15-19(18)32-9-6-23(4-5-23)7-10-32/h2-3,14-15,31,33H,4-13H2,1H3,(H,28,29,30,34). The number of ether oxygens (including phenoxy) is 1. The SMILES string of the molecule is Cc1cc(NC(=O)c2ccc(NSCCO)cc2N2CCC3(CC2)CC3)nc(OCCC(F)(F)F)n1. The number of alkyl halides is 3. The smallest absolute Gasteiger partial charge is 0.392 e. The first-order valence-electron chi connectivity index (χ1n) is 11.9. The number of carbonyl (C=O) groups is 1. The maximum Gasteiger partial charge on any atom is 0.392 e. The number of benzene rings is 1. The molecule has 0 atom stereocenters. The molecule has 2 heterocycles. The first kappa shape index (κ1) is 26.3. The van der Waals surface area contributed by atoms with Crippen LogP contribution in [-0.4, -0.2) is 59.2 Å². The fourth-order valence-corrected chi connectivity index (χ4v) is 4.73. The summed E-state index contributed by atoms with van der Waals surface area (Å²) in [5, 5.41) is 11.8. The molecule has 2 fully saturated rings. The van der Waals surface area contributed by atoms with Crippen molar-refractivity contribution in [2.45, 2.75) is 45.2 Å². The largest absolute Gasteiger partial charge is 0.463 e. The zero-order valence-corrected chi connectivity index (χ0v) is 20.8. The lowest BCUT2D eigenvalue weighted by molar-refractivity contribution is -0.139. The Bertz CT molecular complexity index is 1070. The van der Waals surface area contributed by atoms with Crippen LogP contribution in [0.2, 0.25) is 0 Å². The van der Waals surface area contributed by atoms with E-state index in [4.69, 9.17) is 9.84 Å². The third kappa shape index (κ3) is 7.16. The molecule has 1 aromatic heterocycles. The summed E-state index contributed by atoms with van der Waals surface area (Å²) >= 11 is 1.38. The molecule has 0 radical (unpaired) electrons. The number of nitrogens with zero attached hydrogens (tertiary/aromatic N) is 3. The highest BCUT2D eigenvalue weighted by molar-refractivity contribution is 8.00. The van der Waals surface area contributed by atoms with E-state index in [2.05, 4.69) is 24.9 Å². The van der Waals surface area contributed by atoms with Gasteiger partial charge < -0.3 is 24.8 Å². The summed E-state index contributed by atoms with van der Waals surface area (Å²) in [6.45, 7) is 2.81. The molecule has 8 nitrogen and oxygen atoms in total. The highest BCUT2D eigenvalue weighted by atomic mass is 32.2. The van der Waals surface area contributed by atoms with E-state index in [-0.39, 0.29) is 24.3 Å². The van der Waals surface area contributed by atoms with E-state index in [1.807, 2.05) is 6.07 Å². The molecule has 1 amide bonds. The number of aliphatic hydroxyl groups is 1. The lowest BCUT2D eigenvalue weighted by Crippen LogP contribution is -2.35. The maximum atomic E-state index is 13.3. The van der Waals surface area contributed by atoms with Gasteiger partial charge in [-0.05, 0) is 56.2 Å². The van der Waals surface area contributed by atoms with Crippen molar-refractivity contribution in [3.8, 4) is 6.01 Å². The fourth-order valence-electron chi connectivity index (χ4n) is 4.24. The normalized spacial score (nSPS) is 16.6. The van der Waals surface area contributed by atoms with Crippen LogP contribution in [0.5, 0.6) is 6.01 Å². The Hall–Kier alpha value is -2.73. The number of aromatic nitrogens is 2. The minimum atomic E-state index is -4.34. The topological polar surface area (TPSA) is 99.6 Å². The van der Waals surface area contributed by atoms with Crippen molar-refractivity contribution in [3.63, 3.8) is 0 Å². The monoisotopic (exact) mass is 525 g/mol. The van der Waals surface area contributed by atoms with E-state index in [1.54, 1.807) is 19.1 Å². The van der Waals surface area contributed by atoms with Crippen molar-refractivity contribution in [1.82, 2.24) is 9.97 Å². The number of piperidine rings is 1. The second-order valence-corrected chi connectivity index (χ2v) is 10.1. The van der Waals surface area contributed by atoms with Gasteiger partial charge in [-0.25, -0.2) is 4.98 Å². The summed E-state index contributed by atoms with van der Waals surface area (Å²) in [5.41, 5.74) is 3.02. The highest BCUT2D eigenvalue weighted by Crippen LogP contribution is 2.54. The molecule has 1 aliphatic heterocycles. The lowest BCUT2D eigenvalue weighted by Gasteiger charge is -2.35. The van der Waals surface area contributed by atoms with Crippen LogP contribution in [0.3, 0.4) is 0 Å². The van der Waals surface area contributed by atoms with Crippen LogP contribution >= 0.6 is 11.9 Å². The number of aliphatic hydroxyl groups excluding tert-OH is 1. The summed E-state index contributed by atoms with van der Waals surface area (Å²) in [6, 6.07) is 6.78. The number of carbonyl (C=O) groups excluding carboxylic acids is 1. The Morgan fingerprint density at radius 1 is 1.19 bits per heavy atom. The van der Waals surface area contributed by atoms with Crippen molar-refractivity contribution in [1.29, 1.82) is 0 Å². The average Bonchev–Trinajstić information content (AvgIpc) is 3.57. The van der Waals surface area contributed by atoms with Gasteiger partial charge in [0.15, 0.2) is 0 Å². The Morgan fingerprint density at radius 2 is 1.94 bits per heavy atom. The van der Waals surface area contributed by atoms with Crippen molar-refractivity contribution in [2.24, 2.45) is 5.41 Å².